The van der Waals surface area contributed by atoms with Gasteiger partial charge in [0.05, 0.1) is 37.4 Å². The Balaban J connectivity index is 1.27. The second kappa shape index (κ2) is 19.0. The van der Waals surface area contributed by atoms with Crippen LogP contribution in [0.1, 0.15) is 82.8 Å². The lowest BCUT2D eigenvalue weighted by atomic mass is 9.46. The Morgan fingerprint density at radius 2 is 1.84 bits per heavy atom. The number of methoxy groups -OCH3 is 1. The van der Waals surface area contributed by atoms with E-state index in [2.05, 4.69) is 24.4 Å². The normalized spacial score (nSPS) is 39.8. The van der Waals surface area contributed by atoms with E-state index in [1.807, 2.05) is 24.3 Å². The highest BCUT2D eigenvalue weighted by atomic mass is 33.1. The number of benzene rings is 2. The molecule has 15 atom stereocenters. The van der Waals surface area contributed by atoms with E-state index < -0.39 is 82.6 Å². The van der Waals surface area contributed by atoms with E-state index in [4.69, 9.17) is 28.1 Å². The maximum Gasteiger partial charge on any atom is 0.306 e. The standard InChI is InChI=1S/C52H67NO13S2/c1-4-62-42(57)19-14-32-23-33-20-21-63-44(33)46-45(32)65-50-25-35-22-31(12-9-30-10-16-37(61-3)17-11-30)40(64-46)26-53-36-15-8-29(2)6-5-7-41(56)52(66-50,47(35)68-67-28-36)49(59)24-34-13-18-39(55)38(27-54)43(34)51(50,60)48(49)58/h10-11,13,16-18,20-21,23,25,29,31,34,36,38-41,43,47-48,53-56,58-60H,4-9,12,14-15,19,22,24,26-28H2,1-3H3. The molecule has 0 radical (unpaired) electrons. The number of hydrogen-bond donors (Lipinski definition) is 7. The third-order valence-electron chi connectivity index (χ3n) is 16.6. The maximum atomic E-state index is 14.1. The first-order valence-electron chi connectivity index (χ1n) is 24.7. The van der Waals surface area contributed by atoms with Crippen LogP contribution in [0, 0.1) is 29.6 Å². The third kappa shape index (κ3) is 7.91. The summed E-state index contributed by atoms with van der Waals surface area (Å²) in [6, 6.07) is 11.8. The fourth-order valence-corrected chi connectivity index (χ4v) is 16.5. The molecule has 370 valence electrons. The van der Waals surface area contributed by atoms with Crippen LogP contribution in [0.2, 0.25) is 0 Å². The predicted octanol–water partition coefficient (Wildman–Crippen LogP) is 5.80. The molecule has 8 bridgehead atoms. The summed E-state index contributed by atoms with van der Waals surface area (Å²) in [6.07, 6.45) is 6.70. The minimum absolute atomic E-state index is 0.0307. The number of aliphatic hydroxyl groups excluding tert-OH is 4. The van der Waals surface area contributed by atoms with E-state index in [1.165, 1.54) is 10.8 Å². The molecule has 5 aliphatic heterocycles. The van der Waals surface area contributed by atoms with Crippen molar-refractivity contribution in [2.75, 3.05) is 32.6 Å². The first kappa shape index (κ1) is 48.3. The summed E-state index contributed by atoms with van der Waals surface area (Å²) in [4.78, 5) is 13.1. The van der Waals surface area contributed by atoms with Crippen molar-refractivity contribution in [2.45, 2.75) is 143 Å². The van der Waals surface area contributed by atoms with Gasteiger partial charge in [0.25, 0.3) is 5.79 Å². The first-order chi connectivity index (χ1) is 32.8. The van der Waals surface area contributed by atoms with Gasteiger partial charge in [-0.15, -0.1) is 0 Å². The van der Waals surface area contributed by atoms with Crippen molar-refractivity contribution in [3.05, 3.63) is 77.6 Å². The van der Waals surface area contributed by atoms with Gasteiger partial charge in [0.15, 0.2) is 16.9 Å². The predicted molar refractivity (Wildman–Crippen MR) is 257 cm³/mol. The highest BCUT2D eigenvalue weighted by molar-refractivity contribution is 8.77. The number of nitrogens with one attached hydrogen (secondary N) is 1. The first-order valence-corrected chi connectivity index (χ1v) is 27.1. The van der Waals surface area contributed by atoms with Crippen molar-refractivity contribution in [1.29, 1.82) is 0 Å². The summed E-state index contributed by atoms with van der Waals surface area (Å²) in [7, 11) is 4.81. The topological polar surface area (TPSA) is 210 Å². The number of rotatable bonds is 9. The molecule has 1 saturated carbocycles. The van der Waals surface area contributed by atoms with Gasteiger partial charge in [-0.1, -0.05) is 71.2 Å². The molecule has 2 aromatic carbocycles. The van der Waals surface area contributed by atoms with Gasteiger partial charge in [0, 0.05) is 54.5 Å². The molecule has 7 aliphatic rings. The Morgan fingerprint density at radius 1 is 1.01 bits per heavy atom. The highest BCUT2D eigenvalue weighted by Crippen LogP contribution is 2.69. The molecule has 7 N–H and O–H groups in total. The van der Waals surface area contributed by atoms with Gasteiger partial charge in [-0.25, -0.2) is 0 Å². The van der Waals surface area contributed by atoms with Gasteiger partial charge in [0.2, 0.25) is 5.75 Å². The van der Waals surface area contributed by atoms with E-state index in [0.717, 1.165) is 36.1 Å². The molecule has 1 aromatic heterocycles. The van der Waals surface area contributed by atoms with Gasteiger partial charge >= 0.3 is 5.97 Å². The van der Waals surface area contributed by atoms with Gasteiger partial charge in [0.1, 0.15) is 29.2 Å². The summed E-state index contributed by atoms with van der Waals surface area (Å²) in [6.45, 7) is 4.07. The maximum absolute atomic E-state index is 14.1. The van der Waals surface area contributed by atoms with Crippen LogP contribution in [-0.4, -0.2) is 128 Å². The molecule has 0 amide bonds. The molecule has 68 heavy (non-hydrogen) atoms. The number of ether oxygens (including phenoxy) is 5. The van der Waals surface area contributed by atoms with Gasteiger partial charge in [-0.2, -0.15) is 0 Å². The van der Waals surface area contributed by atoms with Crippen LogP contribution < -0.4 is 19.5 Å². The summed E-state index contributed by atoms with van der Waals surface area (Å²) < 4.78 is 39.7. The zero-order valence-corrected chi connectivity index (χ0v) is 40.7. The van der Waals surface area contributed by atoms with Crippen LogP contribution in [0.15, 0.2) is 70.9 Å². The summed E-state index contributed by atoms with van der Waals surface area (Å²) >= 11 is 0. The second-order valence-corrected chi connectivity index (χ2v) is 23.0. The van der Waals surface area contributed by atoms with Crippen molar-refractivity contribution >= 4 is 38.5 Å². The number of hydrogen-bond acceptors (Lipinski definition) is 16. The van der Waals surface area contributed by atoms with Crippen molar-refractivity contribution in [3.8, 4) is 17.2 Å². The Bertz CT molecular complexity index is 2380. The Morgan fingerprint density at radius 3 is 2.62 bits per heavy atom. The number of aliphatic hydroxyl groups is 6. The lowest BCUT2D eigenvalue weighted by Crippen LogP contribution is -2.92. The molecule has 14 nitrogen and oxygen atoms in total. The van der Waals surface area contributed by atoms with E-state index in [-0.39, 0.29) is 55.7 Å². The molecular weight excluding hydrogens is 911 g/mol. The fourth-order valence-electron chi connectivity index (χ4n) is 13.0. The minimum Gasteiger partial charge on any atom is -0.497 e. The SMILES string of the molecule is CCOC(=O)CCc1cc2ccoc2c2c1OC13C=C4CC(CCc5ccc(OC)cc5)C(CNC5CCC(C)CCCC(O)C(O1)(C4SSC5)C1(O)CC4C=CC(O)C(CO)C4C3(O)C1O)O2. The second-order valence-electron chi connectivity index (χ2n) is 20.5. The van der Waals surface area contributed by atoms with E-state index in [9.17, 15) is 35.4 Å². The molecule has 2 spiro atoms. The molecule has 16 heteroatoms. The van der Waals surface area contributed by atoms with Crippen LogP contribution in [0.25, 0.3) is 11.0 Å². The van der Waals surface area contributed by atoms with E-state index >= 15 is 0 Å². The van der Waals surface area contributed by atoms with Crippen LogP contribution >= 0.6 is 21.6 Å². The van der Waals surface area contributed by atoms with Crippen molar-refractivity contribution in [3.63, 3.8) is 0 Å². The quantitative estimate of drug-likeness (QED) is 0.0768. The van der Waals surface area contributed by atoms with E-state index in [1.54, 1.807) is 49.3 Å². The largest absolute Gasteiger partial charge is 0.497 e. The lowest BCUT2D eigenvalue weighted by Gasteiger charge is -2.73. The average Bonchev–Trinajstić information content (AvgIpc) is 3.80. The Kier molecular flexibility index (Phi) is 13.5. The van der Waals surface area contributed by atoms with Gasteiger partial charge in [-0.05, 0) is 112 Å². The van der Waals surface area contributed by atoms with Crippen LogP contribution in [0.3, 0.4) is 0 Å². The molecular formula is C52H67NO13S2. The molecule has 4 fully saturated rings. The number of allylic oxidation sites excluding steroid dienone is 1. The number of carbonyl (C=O) groups is 1. The van der Waals surface area contributed by atoms with Crippen LogP contribution in [-0.2, 0) is 27.1 Å². The lowest BCUT2D eigenvalue weighted by molar-refractivity contribution is -0.458. The van der Waals surface area contributed by atoms with E-state index in [0.29, 0.717) is 60.4 Å². The summed E-state index contributed by atoms with van der Waals surface area (Å²) in [5.74, 6) is -3.84. The summed E-state index contributed by atoms with van der Waals surface area (Å²) in [5, 5.41) is 81.1. The number of aryl methyl sites for hydroxylation is 2. The molecule has 2 aliphatic carbocycles. The van der Waals surface area contributed by atoms with Crippen molar-refractivity contribution in [1.82, 2.24) is 5.32 Å². The molecule has 15 unspecified atom stereocenters. The third-order valence-corrected chi connectivity index (χ3v) is 19.5. The van der Waals surface area contributed by atoms with Crippen LogP contribution in [0.5, 0.6) is 17.2 Å². The highest BCUT2D eigenvalue weighted by Gasteiger charge is 2.85. The van der Waals surface area contributed by atoms with Gasteiger partial charge in [-0.3, -0.25) is 4.79 Å². The summed E-state index contributed by atoms with van der Waals surface area (Å²) in [5.41, 5.74) is -4.12. The van der Waals surface area contributed by atoms with Crippen molar-refractivity contribution < 1.29 is 63.5 Å². The number of fused-ring (bicyclic) bond motifs is 12. The minimum atomic E-state index is -2.58. The monoisotopic (exact) mass is 977 g/mol. The zero-order valence-electron chi connectivity index (χ0n) is 39.1. The number of carbonyl (C=O) groups excluding carboxylic acids is 1. The zero-order chi connectivity index (χ0) is 47.6. The molecule has 3 aromatic rings. The number of furan rings is 1. The van der Waals surface area contributed by atoms with Crippen molar-refractivity contribution in [2.24, 2.45) is 29.6 Å². The molecule has 10 rings (SSSR count). The molecule has 6 heterocycles. The Hall–Kier alpha value is -3.29. The smallest absolute Gasteiger partial charge is 0.306 e. The van der Waals surface area contributed by atoms with Crippen LogP contribution in [0.4, 0.5) is 0 Å². The van der Waals surface area contributed by atoms with Gasteiger partial charge < -0.3 is 64.1 Å². The number of esters is 1. The Labute approximate surface area is 405 Å². The fraction of sp³-hybridized carbons (Fsp3) is 0.635. The average molecular weight is 978 g/mol. The molecule has 3 saturated heterocycles.